The number of aliphatic hydroxyl groups excluding tert-OH is 2. The summed E-state index contributed by atoms with van der Waals surface area (Å²) in [5.74, 6) is -0.0841. The van der Waals surface area contributed by atoms with Crippen molar-refractivity contribution in [3.63, 3.8) is 0 Å². The minimum Gasteiger partial charge on any atom is -0.511 e. The summed E-state index contributed by atoms with van der Waals surface area (Å²) in [6, 6.07) is -1.34. The maximum Gasteiger partial charge on any atom is 0.271 e. The molecule has 0 aromatic carbocycles. The van der Waals surface area contributed by atoms with Gasteiger partial charge in [-0.1, -0.05) is 0 Å². The molecule has 0 spiro atoms. The first-order valence-electron chi connectivity index (χ1n) is 2.15. The van der Waals surface area contributed by atoms with Crippen LogP contribution >= 0.6 is 15.9 Å². The van der Waals surface area contributed by atoms with E-state index in [0.29, 0.717) is 0 Å². The van der Waals surface area contributed by atoms with Gasteiger partial charge in [0.15, 0.2) is 0 Å². The average molecular weight is 197 g/mol. The van der Waals surface area contributed by atoms with E-state index in [1.807, 2.05) is 0 Å². The number of hydrogen-bond acceptors (Lipinski definition) is 2. The molecule has 0 heterocycles. The van der Waals surface area contributed by atoms with E-state index in [0.717, 1.165) is 6.08 Å². The Labute approximate surface area is 60.4 Å². The van der Waals surface area contributed by atoms with Gasteiger partial charge in [0, 0.05) is 6.08 Å². The van der Waals surface area contributed by atoms with Crippen LogP contribution in [0, 0.1) is 0 Å². The maximum atomic E-state index is 11.6. The fraction of sp³-hybridized carbons (Fsp3) is 0.200. The highest BCUT2D eigenvalue weighted by atomic mass is 79.9. The second kappa shape index (κ2) is 3.50. The van der Waals surface area contributed by atoms with Gasteiger partial charge in [-0.15, -0.1) is 0 Å². The molecular formula is C5H6BrFO2. The van der Waals surface area contributed by atoms with Gasteiger partial charge in [-0.25, -0.2) is 0 Å². The molecule has 2 nitrogen and oxygen atoms in total. The normalized spacial score (nSPS) is 15.2. The second-order valence-corrected chi connectivity index (χ2v) is 2.25. The van der Waals surface area contributed by atoms with Crippen LogP contribution in [0.5, 0.6) is 0 Å². The summed E-state index contributed by atoms with van der Waals surface area (Å²) >= 11 is 2.80. The molecule has 0 rings (SSSR count). The topological polar surface area (TPSA) is 40.5 Å². The van der Waals surface area contributed by atoms with E-state index >= 15 is 0 Å². The van der Waals surface area contributed by atoms with E-state index in [1.165, 1.54) is 6.92 Å². The van der Waals surface area contributed by atoms with E-state index in [-0.39, 0.29) is 10.2 Å². The molecule has 2 N–H and O–H groups in total. The number of rotatable bonds is 1. The summed E-state index contributed by atoms with van der Waals surface area (Å²) in [4.78, 5) is 0. The number of aliphatic hydroxyl groups is 2. The summed E-state index contributed by atoms with van der Waals surface area (Å²) in [6.45, 7) is 1.36. The predicted molar refractivity (Wildman–Crippen MR) is 36.1 cm³/mol. The number of allylic oxidation sites excluding steroid dienone is 3. The summed E-state index contributed by atoms with van der Waals surface area (Å²) in [6.07, 6.45) is 0.759. The fourth-order valence-electron chi connectivity index (χ4n) is 0.209. The molecule has 0 aliphatic carbocycles. The molecule has 0 atom stereocenters. The van der Waals surface area contributed by atoms with E-state index < -0.39 is 6.01 Å². The van der Waals surface area contributed by atoms with Gasteiger partial charge in [-0.05, 0) is 22.9 Å². The smallest absolute Gasteiger partial charge is 0.271 e. The minimum atomic E-state index is -1.34. The van der Waals surface area contributed by atoms with Crippen molar-refractivity contribution in [1.82, 2.24) is 0 Å². The molecule has 0 aromatic heterocycles. The Morgan fingerprint density at radius 2 is 2.00 bits per heavy atom. The lowest BCUT2D eigenvalue weighted by Gasteiger charge is -1.89. The SMILES string of the molecule is C/C(O)=C(Br)\C=C(\O)F. The van der Waals surface area contributed by atoms with Gasteiger partial charge >= 0.3 is 0 Å². The Balaban J connectivity index is 4.25. The zero-order chi connectivity index (χ0) is 7.44. The number of halogens is 2. The van der Waals surface area contributed by atoms with Gasteiger partial charge in [-0.3, -0.25) is 0 Å². The standard InChI is InChI=1S/C5H6BrFO2/c1-3(8)4(6)2-5(7)9/h2,8-9H,1H3/b4-3-,5-2+. The van der Waals surface area contributed by atoms with Crippen molar-refractivity contribution < 1.29 is 14.6 Å². The molecular weight excluding hydrogens is 191 g/mol. The first-order valence-corrected chi connectivity index (χ1v) is 2.95. The summed E-state index contributed by atoms with van der Waals surface area (Å²) in [5.41, 5.74) is 0. The second-order valence-electron chi connectivity index (χ2n) is 1.40. The first-order chi connectivity index (χ1) is 4.04. The Bertz CT molecular complexity index is 154. The van der Waals surface area contributed by atoms with Gasteiger partial charge < -0.3 is 10.2 Å². The fourth-order valence-corrected chi connectivity index (χ4v) is 0.398. The molecule has 4 heteroatoms. The van der Waals surface area contributed by atoms with Gasteiger partial charge in [0.25, 0.3) is 6.01 Å². The van der Waals surface area contributed by atoms with E-state index in [1.54, 1.807) is 0 Å². The molecule has 52 valence electrons. The van der Waals surface area contributed by atoms with Gasteiger partial charge in [0.2, 0.25) is 0 Å². The zero-order valence-corrected chi connectivity index (χ0v) is 6.31. The van der Waals surface area contributed by atoms with Crippen LogP contribution in [-0.4, -0.2) is 10.2 Å². The molecule has 0 saturated carbocycles. The van der Waals surface area contributed by atoms with Crippen molar-refractivity contribution in [2.45, 2.75) is 6.92 Å². The van der Waals surface area contributed by atoms with Crippen LogP contribution in [0.1, 0.15) is 6.92 Å². The first kappa shape index (κ1) is 8.49. The third-order valence-electron chi connectivity index (χ3n) is 0.591. The number of hydrogen-bond donors (Lipinski definition) is 2. The molecule has 0 aliphatic rings. The van der Waals surface area contributed by atoms with E-state index in [9.17, 15) is 4.39 Å². The summed E-state index contributed by atoms with van der Waals surface area (Å²) < 4.78 is 11.7. The van der Waals surface area contributed by atoms with Crippen molar-refractivity contribution in [1.29, 1.82) is 0 Å². The molecule has 0 bridgehead atoms. The van der Waals surface area contributed by atoms with Crippen LogP contribution in [0.15, 0.2) is 22.3 Å². The average Bonchev–Trinajstić information content (AvgIpc) is 1.63. The molecule has 0 saturated heterocycles. The Morgan fingerprint density at radius 3 is 2.11 bits per heavy atom. The van der Waals surface area contributed by atoms with Gasteiger partial charge in [0.1, 0.15) is 5.76 Å². The van der Waals surface area contributed by atoms with Crippen LogP contribution in [0.3, 0.4) is 0 Å². The Morgan fingerprint density at radius 1 is 1.56 bits per heavy atom. The maximum absolute atomic E-state index is 11.6. The molecule has 0 radical (unpaired) electrons. The lowest BCUT2D eigenvalue weighted by atomic mass is 10.5. The minimum absolute atomic E-state index is 0.0841. The lowest BCUT2D eigenvalue weighted by molar-refractivity contribution is 0.283. The monoisotopic (exact) mass is 196 g/mol. The zero-order valence-electron chi connectivity index (χ0n) is 4.73. The third-order valence-corrected chi connectivity index (χ3v) is 1.39. The van der Waals surface area contributed by atoms with Crippen LogP contribution in [0.2, 0.25) is 0 Å². The molecule has 0 fully saturated rings. The highest BCUT2D eigenvalue weighted by molar-refractivity contribution is 9.11. The van der Waals surface area contributed by atoms with Crippen molar-refractivity contribution >= 4 is 15.9 Å². The van der Waals surface area contributed by atoms with Crippen molar-refractivity contribution in [2.75, 3.05) is 0 Å². The molecule has 0 amide bonds. The van der Waals surface area contributed by atoms with Crippen LogP contribution in [-0.2, 0) is 0 Å². The molecule has 9 heavy (non-hydrogen) atoms. The summed E-state index contributed by atoms with van der Waals surface area (Å²) in [5, 5.41) is 16.6. The third kappa shape index (κ3) is 4.02. The highest BCUT2D eigenvalue weighted by Gasteiger charge is 1.93. The molecule has 0 unspecified atom stereocenters. The van der Waals surface area contributed by atoms with Gasteiger partial charge in [0.05, 0.1) is 4.48 Å². The Kier molecular flexibility index (Phi) is 3.30. The van der Waals surface area contributed by atoms with Crippen molar-refractivity contribution in [3.05, 3.63) is 22.3 Å². The summed E-state index contributed by atoms with van der Waals surface area (Å²) in [7, 11) is 0. The molecule has 0 aliphatic heterocycles. The lowest BCUT2D eigenvalue weighted by Crippen LogP contribution is -1.75. The quantitative estimate of drug-likeness (QED) is 0.500. The van der Waals surface area contributed by atoms with Crippen LogP contribution in [0.25, 0.3) is 0 Å². The predicted octanol–water partition coefficient (Wildman–Crippen LogP) is 2.54. The van der Waals surface area contributed by atoms with Crippen molar-refractivity contribution in [3.8, 4) is 0 Å². The van der Waals surface area contributed by atoms with Gasteiger partial charge in [-0.2, -0.15) is 4.39 Å². The van der Waals surface area contributed by atoms with Crippen molar-refractivity contribution in [2.24, 2.45) is 0 Å². The van der Waals surface area contributed by atoms with E-state index in [4.69, 9.17) is 10.2 Å². The largest absolute Gasteiger partial charge is 0.511 e. The van der Waals surface area contributed by atoms with E-state index in [2.05, 4.69) is 15.9 Å². The van der Waals surface area contributed by atoms with Crippen LogP contribution in [0.4, 0.5) is 4.39 Å². The van der Waals surface area contributed by atoms with Crippen LogP contribution < -0.4 is 0 Å². The molecule has 0 aromatic rings. The Hall–Kier alpha value is -0.510. The highest BCUT2D eigenvalue weighted by Crippen LogP contribution is 2.12.